The fourth-order valence-electron chi connectivity index (χ4n) is 3.63. The fraction of sp³-hybridized carbons (Fsp3) is 0.231. The molecule has 0 aliphatic heterocycles. The maximum Gasteiger partial charge on any atom is 0.201 e. The number of methoxy groups -OCH3 is 1. The lowest BCUT2D eigenvalue weighted by Crippen LogP contribution is -2.10. The predicted molar refractivity (Wildman–Crippen MR) is 131 cm³/mol. The zero-order valence-corrected chi connectivity index (χ0v) is 19.1. The van der Waals surface area contributed by atoms with Gasteiger partial charge in [0, 0.05) is 24.0 Å². The zero-order chi connectivity index (χ0) is 23.9. The van der Waals surface area contributed by atoms with Crippen LogP contribution in [0.3, 0.4) is 0 Å². The number of aromatic amines is 1. The van der Waals surface area contributed by atoms with E-state index in [9.17, 15) is 4.79 Å². The van der Waals surface area contributed by atoms with Gasteiger partial charge in [0.05, 0.1) is 13.7 Å². The Morgan fingerprint density at radius 3 is 2.85 bits per heavy atom. The molecule has 0 amide bonds. The lowest BCUT2D eigenvalue weighted by atomic mass is 10.1. The van der Waals surface area contributed by atoms with E-state index in [2.05, 4.69) is 21.9 Å². The molecule has 8 nitrogen and oxygen atoms in total. The van der Waals surface area contributed by atoms with E-state index < -0.39 is 0 Å². The first-order valence-corrected chi connectivity index (χ1v) is 11.1. The first kappa shape index (κ1) is 22.8. The van der Waals surface area contributed by atoms with Gasteiger partial charge in [-0.2, -0.15) is 5.26 Å². The number of unbranched alkanes of at least 4 members (excludes halogenated alkanes) is 2. The smallest absolute Gasteiger partial charge is 0.201 e. The summed E-state index contributed by atoms with van der Waals surface area (Å²) in [4.78, 5) is 24.5. The summed E-state index contributed by atoms with van der Waals surface area (Å²) in [6, 6.07) is 12.6. The van der Waals surface area contributed by atoms with E-state index in [1.165, 1.54) is 12.3 Å². The van der Waals surface area contributed by atoms with Gasteiger partial charge in [-0.3, -0.25) is 9.36 Å². The molecular weight excluding hydrogens is 430 g/mol. The molecule has 8 heteroatoms. The topological polar surface area (TPSA) is 106 Å². The molecule has 0 bridgehead atoms. The monoisotopic (exact) mass is 455 g/mol. The van der Waals surface area contributed by atoms with Gasteiger partial charge in [-0.1, -0.05) is 31.9 Å². The van der Waals surface area contributed by atoms with Crippen molar-refractivity contribution in [1.29, 1.82) is 5.26 Å². The number of hydrogen-bond donors (Lipinski definition) is 1. The second-order valence-electron chi connectivity index (χ2n) is 7.63. The van der Waals surface area contributed by atoms with Crippen molar-refractivity contribution in [2.45, 2.75) is 26.2 Å². The number of ether oxygens (including phenoxy) is 2. The van der Waals surface area contributed by atoms with Crippen molar-refractivity contribution in [3.63, 3.8) is 0 Å². The standard InChI is InChI=1S/C26H25N5O3/c1-3-4-5-14-34-25-18(8-6-10-22(25)33-2)11-12-23-30-20-9-7-13-28-26(20)31(23)24-15-21(32)19(16-27)17-29-24/h6-13,15,17H,3-5,14H2,1-2H3,(H,29,32). The Morgan fingerprint density at radius 1 is 1.21 bits per heavy atom. The SMILES string of the molecule is CCCCCOc1c(C=Cc2nc3cccnc3n2-c2cc(=O)c(C#N)c[nH]2)cccc1OC. The maximum atomic E-state index is 12.3. The number of aromatic nitrogens is 4. The number of para-hydroxylation sites is 1. The Bertz CT molecular complexity index is 1430. The Morgan fingerprint density at radius 2 is 2.09 bits per heavy atom. The lowest BCUT2D eigenvalue weighted by molar-refractivity contribution is 0.285. The molecule has 0 atom stereocenters. The van der Waals surface area contributed by atoms with Crippen LogP contribution in [0.1, 0.15) is 43.1 Å². The van der Waals surface area contributed by atoms with Crippen molar-refractivity contribution in [1.82, 2.24) is 19.5 Å². The molecule has 4 aromatic rings. The van der Waals surface area contributed by atoms with Crippen LogP contribution in [0.4, 0.5) is 0 Å². The molecule has 34 heavy (non-hydrogen) atoms. The third-order valence-electron chi connectivity index (χ3n) is 5.34. The Balaban J connectivity index is 1.77. The van der Waals surface area contributed by atoms with Crippen molar-refractivity contribution in [2.75, 3.05) is 13.7 Å². The average molecular weight is 456 g/mol. The number of nitrogens with one attached hydrogen (secondary N) is 1. The largest absolute Gasteiger partial charge is 0.493 e. The van der Waals surface area contributed by atoms with Crippen molar-refractivity contribution in [2.24, 2.45) is 0 Å². The maximum absolute atomic E-state index is 12.3. The summed E-state index contributed by atoms with van der Waals surface area (Å²) >= 11 is 0. The summed E-state index contributed by atoms with van der Waals surface area (Å²) in [5.41, 5.74) is 1.77. The van der Waals surface area contributed by atoms with Crippen LogP contribution in [0.5, 0.6) is 11.5 Å². The number of nitriles is 1. The molecule has 172 valence electrons. The van der Waals surface area contributed by atoms with E-state index in [1.807, 2.05) is 42.5 Å². The van der Waals surface area contributed by atoms with Crippen LogP contribution in [0.25, 0.3) is 29.1 Å². The first-order valence-electron chi connectivity index (χ1n) is 11.1. The molecule has 0 fully saturated rings. The molecule has 0 unspecified atom stereocenters. The van der Waals surface area contributed by atoms with Crippen molar-refractivity contribution in [3.05, 3.63) is 76.0 Å². The summed E-state index contributed by atoms with van der Waals surface area (Å²) in [7, 11) is 1.62. The number of pyridine rings is 2. The molecule has 0 spiro atoms. The summed E-state index contributed by atoms with van der Waals surface area (Å²) in [6.45, 7) is 2.75. The minimum Gasteiger partial charge on any atom is -0.493 e. The van der Waals surface area contributed by atoms with Crippen LogP contribution in [0, 0.1) is 11.3 Å². The van der Waals surface area contributed by atoms with Crippen LogP contribution < -0.4 is 14.9 Å². The van der Waals surface area contributed by atoms with E-state index in [0.29, 0.717) is 40.9 Å². The predicted octanol–water partition coefficient (Wildman–Crippen LogP) is 4.73. The highest BCUT2D eigenvalue weighted by Gasteiger charge is 2.14. The minimum absolute atomic E-state index is 0.0412. The summed E-state index contributed by atoms with van der Waals surface area (Å²) < 4.78 is 13.3. The molecule has 3 heterocycles. The molecular formula is C26H25N5O3. The van der Waals surface area contributed by atoms with E-state index in [0.717, 1.165) is 24.8 Å². The van der Waals surface area contributed by atoms with Crippen LogP contribution in [-0.4, -0.2) is 33.2 Å². The number of hydrogen-bond acceptors (Lipinski definition) is 6. The Kier molecular flexibility index (Phi) is 7.04. The van der Waals surface area contributed by atoms with Gasteiger partial charge < -0.3 is 14.5 Å². The fourth-order valence-corrected chi connectivity index (χ4v) is 3.63. The number of H-pyrrole nitrogens is 1. The van der Waals surface area contributed by atoms with Gasteiger partial charge in [0.15, 0.2) is 17.1 Å². The van der Waals surface area contributed by atoms with E-state index >= 15 is 0 Å². The lowest BCUT2D eigenvalue weighted by Gasteiger charge is -2.13. The Labute approximate surface area is 197 Å². The van der Waals surface area contributed by atoms with Gasteiger partial charge >= 0.3 is 0 Å². The van der Waals surface area contributed by atoms with Crippen molar-refractivity contribution >= 4 is 23.3 Å². The quantitative estimate of drug-likeness (QED) is 0.366. The molecule has 0 saturated carbocycles. The highest BCUT2D eigenvalue weighted by atomic mass is 16.5. The number of rotatable bonds is 9. The molecule has 1 aromatic carbocycles. The Hall–Kier alpha value is -4.38. The highest BCUT2D eigenvalue weighted by Crippen LogP contribution is 2.33. The number of fused-ring (bicyclic) bond motifs is 1. The van der Waals surface area contributed by atoms with Crippen molar-refractivity contribution in [3.8, 4) is 23.4 Å². The van der Waals surface area contributed by atoms with Crippen LogP contribution in [-0.2, 0) is 0 Å². The van der Waals surface area contributed by atoms with Crippen LogP contribution >= 0.6 is 0 Å². The van der Waals surface area contributed by atoms with Gasteiger partial charge in [-0.05, 0) is 36.8 Å². The molecule has 0 aliphatic rings. The van der Waals surface area contributed by atoms with Crippen molar-refractivity contribution < 1.29 is 9.47 Å². The molecule has 3 aromatic heterocycles. The van der Waals surface area contributed by atoms with Crippen LogP contribution in [0.2, 0.25) is 0 Å². The number of benzene rings is 1. The van der Waals surface area contributed by atoms with Gasteiger partial charge in [-0.15, -0.1) is 0 Å². The molecule has 4 rings (SSSR count). The van der Waals surface area contributed by atoms with E-state index in [1.54, 1.807) is 23.9 Å². The molecule has 0 aliphatic carbocycles. The van der Waals surface area contributed by atoms with Gasteiger partial charge in [0.25, 0.3) is 0 Å². The number of nitrogens with zero attached hydrogens (tertiary/aromatic N) is 4. The first-order chi connectivity index (χ1) is 16.7. The van der Waals surface area contributed by atoms with E-state index in [-0.39, 0.29) is 11.0 Å². The molecule has 0 saturated heterocycles. The third-order valence-corrected chi connectivity index (χ3v) is 5.34. The summed E-state index contributed by atoms with van der Waals surface area (Å²) in [6.07, 6.45) is 9.97. The summed E-state index contributed by atoms with van der Waals surface area (Å²) in [5.74, 6) is 2.36. The van der Waals surface area contributed by atoms with Gasteiger partial charge in [0.2, 0.25) is 5.43 Å². The van der Waals surface area contributed by atoms with Gasteiger partial charge in [-0.25, -0.2) is 9.97 Å². The third kappa shape index (κ3) is 4.69. The second-order valence-corrected chi connectivity index (χ2v) is 7.63. The average Bonchev–Trinajstić information content (AvgIpc) is 3.24. The molecule has 1 N–H and O–H groups in total. The highest BCUT2D eigenvalue weighted by molar-refractivity contribution is 5.80. The van der Waals surface area contributed by atoms with Gasteiger partial charge in [0.1, 0.15) is 28.8 Å². The zero-order valence-electron chi connectivity index (χ0n) is 19.1. The van der Waals surface area contributed by atoms with Crippen LogP contribution in [0.15, 0.2) is 53.6 Å². The number of imidazole rings is 1. The second kappa shape index (κ2) is 10.5. The minimum atomic E-state index is -0.375. The normalized spacial score (nSPS) is 11.1. The molecule has 0 radical (unpaired) electrons. The van der Waals surface area contributed by atoms with E-state index in [4.69, 9.17) is 14.7 Å². The summed E-state index contributed by atoms with van der Waals surface area (Å²) in [5, 5.41) is 9.10.